The first-order chi connectivity index (χ1) is 9.40. The SMILES string of the molecule is O=C(O)CCC[C@@H](NC(=O)c1cncc(Br)c1)C(=O)O. The maximum absolute atomic E-state index is 11.9. The average molecular weight is 345 g/mol. The molecule has 0 aliphatic heterocycles. The van der Waals surface area contributed by atoms with Crippen molar-refractivity contribution in [3.63, 3.8) is 0 Å². The molecule has 0 saturated carbocycles. The Morgan fingerprint density at radius 1 is 1.30 bits per heavy atom. The molecule has 1 aromatic heterocycles. The van der Waals surface area contributed by atoms with E-state index in [1.165, 1.54) is 18.5 Å². The highest BCUT2D eigenvalue weighted by Crippen LogP contribution is 2.10. The number of aromatic nitrogens is 1. The molecule has 108 valence electrons. The molecule has 7 nitrogen and oxygen atoms in total. The Hall–Kier alpha value is -1.96. The Kier molecular flexibility index (Phi) is 6.10. The van der Waals surface area contributed by atoms with Crippen LogP contribution in [0.25, 0.3) is 0 Å². The van der Waals surface area contributed by atoms with Crippen LogP contribution in [0.3, 0.4) is 0 Å². The monoisotopic (exact) mass is 344 g/mol. The van der Waals surface area contributed by atoms with Crippen molar-refractivity contribution in [3.8, 4) is 0 Å². The second-order valence-corrected chi connectivity index (χ2v) is 4.96. The van der Waals surface area contributed by atoms with Gasteiger partial charge in [-0.05, 0) is 34.8 Å². The van der Waals surface area contributed by atoms with E-state index >= 15 is 0 Å². The number of amides is 1. The predicted molar refractivity (Wildman–Crippen MR) is 72.3 cm³/mol. The van der Waals surface area contributed by atoms with Gasteiger partial charge < -0.3 is 15.5 Å². The Morgan fingerprint density at radius 2 is 2.00 bits per heavy atom. The molecule has 0 aromatic carbocycles. The van der Waals surface area contributed by atoms with Crippen molar-refractivity contribution in [2.24, 2.45) is 0 Å². The molecule has 1 aromatic rings. The van der Waals surface area contributed by atoms with E-state index in [4.69, 9.17) is 10.2 Å². The topological polar surface area (TPSA) is 117 Å². The van der Waals surface area contributed by atoms with Crippen LogP contribution in [0.2, 0.25) is 0 Å². The van der Waals surface area contributed by atoms with Gasteiger partial charge in [-0.25, -0.2) is 4.79 Å². The van der Waals surface area contributed by atoms with E-state index in [1.807, 2.05) is 0 Å². The summed E-state index contributed by atoms with van der Waals surface area (Å²) in [5.74, 6) is -2.77. The minimum absolute atomic E-state index is 0.0504. The quantitative estimate of drug-likeness (QED) is 0.685. The van der Waals surface area contributed by atoms with Gasteiger partial charge >= 0.3 is 11.9 Å². The summed E-state index contributed by atoms with van der Waals surface area (Å²) < 4.78 is 0.600. The fraction of sp³-hybridized carbons (Fsp3) is 0.333. The highest BCUT2D eigenvalue weighted by Gasteiger charge is 2.20. The van der Waals surface area contributed by atoms with E-state index in [-0.39, 0.29) is 24.8 Å². The van der Waals surface area contributed by atoms with Gasteiger partial charge in [-0.2, -0.15) is 0 Å². The molecule has 1 heterocycles. The first-order valence-corrected chi connectivity index (χ1v) is 6.55. The van der Waals surface area contributed by atoms with Gasteiger partial charge in [-0.1, -0.05) is 0 Å². The number of aliphatic carboxylic acids is 2. The maximum Gasteiger partial charge on any atom is 0.326 e. The second-order valence-electron chi connectivity index (χ2n) is 4.04. The number of carbonyl (C=O) groups is 3. The number of nitrogens with zero attached hydrogens (tertiary/aromatic N) is 1. The number of hydrogen-bond acceptors (Lipinski definition) is 4. The van der Waals surface area contributed by atoms with Gasteiger partial charge in [0.25, 0.3) is 5.91 Å². The zero-order chi connectivity index (χ0) is 15.1. The first kappa shape index (κ1) is 16.1. The van der Waals surface area contributed by atoms with Gasteiger partial charge in [0.2, 0.25) is 0 Å². The van der Waals surface area contributed by atoms with Crippen LogP contribution in [0.15, 0.2) is 22.9 Å². The number of rotatable bonds is 7. The second kappa shape index (κ2) is 7.59. The minimum atomic E-state index is -1.20. The summed E-state index contributed by atoms with van der Waals surface area (Å²) in [6, 6.07) is 0.388. The van der Waals surface area contributed by atoms with E-state index in [0.29, 0.717) is 4.47 Å². The normalized spacial score (nSPS) is 11.7. The van der Waals surface area contributed by atoms with Gasteiger partial charge in [0.15, 0.2) is 0 Å². The fourth-order valence-corrected chi connectivity index (χ4v) is 1.86. The van der Waals surface area contributed by atoms with Crippen LogP contribution in [0, 0.1) is 0 Å². The maximum atomic E-state index is 11.9. The molecule has 20 heavy (non-hydrogen) atoms. The summed E-state index contributed by atoms with van der Waals surface area (Å²) in [5.41, 5.74) is 0.226. The first-order valence-electron chi connectivity index (χ1n) is 5.76. The van der Waals surface area contributed by atoms with Crippen molar-refractivity contribution in [1.82, 2.24) is 10.3 Å². The molecule has 0 radical (unpaired) electrons. The number of nitrogens with one attached hydrogen (secondary N) is 1. The number of hydrogen-bond donors (Lipinski definition) is 3. The van der Waals surface area contributed by atoms with Crippen molar-refractivity contribution >= 4 is 33.8 Å². The van der Waals surface area contributed by atoms with Crippen LogP contribution in [0.5, 0.6) is 0 Å². The molecule has 0 unspecified atom stereocenters. The molecular weight excluding hydrogens is 332 g/mol. The van der Waals surface area contributed by atoms with Crippen LogP contribution in [-0.2, 0) is 9.59 Å². The largest absolute Gasteiger partial charge is 0.481 e. The van der Waals surface area contributed by atoms with E-state index in [9.17, 15) is 14.4 Å². The molecule has 0 fully saturated rings. The van der Waals surface area contributed by atoms with Crippen molar-refractivity contribution in [2.45, 2.75) is 25.3 Å². The number of halogens is 1. The third-order valence-corrected chi connectivity index (χ3v) is 2.89. The molecule has 0 spiro atoms. The molecular formula is C12H13BrN2O5. The van der Waals surface area contributed by atoms with Crippen LogP contribution >= 0.6 is 15.9 Å². The van der Waals surface area contributed by atoms with Crippen LogP contribution in [0.1, 0.15) is 29.6 Å². The third kappa shape index (κ3) is 5.35. The van der Waals surface area contributed by atoms with Gasteiger partial charge in [0, 0.05) is 23.3 Å². The third-order valence-electron chi connectivity index (χ3n) is 2.45. The summed E-state index contributed by atoms with van der Waals surface area (Å²) >= 11 is 3.16. The molecule has 8 heteroatoms. The Labute approximate surface area is 123 Å². The Balaban J connectivity index is 2.63. The van der Waals surface area contributed by atoms with Crippen LogP contribution in [-0.4, -0.2) is 39.1 Å². The van der Waals surface area contributed by atoms with Crippen molar-refractivity contribution in [2.75, 3.05) is 0 Å². The summed E-state index contributed by atoms with van der Waals surface area (Å²) in [7, 11) is 0. The lowest BCUT2D eigenvalue weighted by Crippen LogP contribution is -2.40. The van der Waals surface area contributed by atoms with Crippen molar-refractivity contribution < 1.29 is 24.6 Å². The van der Waals surface area contributed by atoms with Crippen LogP contribution in [0.4, 0.5) is 0 Å². The Bertz CT molecular complexity index is 520. The van der Waals surface area contributed by atoms with Crippen molar-refractivity contribution in [1.29, 1.82) is 0 Å². The van der Waals surface area contributed by atoms with E-state index in [1.54, 1.807) is 0 Å². The molecule has 0 saturated heterocycles. The molecule has 3 N–H and O–H groups in total. The summed E-state index contributed by atoms with van der Waals surface area (Å²) in [5, 5.41) is 19.9. The minimum Gasteiger partial charge on any atom is -0.481 e. The van der Waals surface area contributed by atoms with Gasteiger partial charge in [0.1, 0.15) is 6.04 Å². The number of carboxylic acids is 2. The number of carbonyl (C=O) groups excluding carboxylic acids is 1. The standard InChI is InChI=1S/C12H13BrN2O5/c13-8-4-7(5-14-6-8)11(18)15-9(12(19)20)2-1-3-10(16)17/h4-6,9H,1-3H2,(H,15,18)(H,16,17)(H,19,20)/t9-/m1/s1. The molecule has 0 aliphatic carbocycles. The highest BCUT2D eigenvalue weighted by molar-refractivity contribution is 9.10. The lowest BCUT2D eigenvalue weighted by Gasteiger charge is -2.13. The summed E-state index contributed by atoms with van der Waals surface area (Å²) in [6.07, 6.45) is 2.89. The van der Waals surface area contributed by atoms with Gasteiger partial charge in [-0.3, -0.25) is 14.6 Å². The molecule has 0 aliphatic rings. The Morgan fingerprint density at radius 3 is 2.55 bits per heavy atom. The fourth-order valence-electron chi connectivity index (χ4n) is 1.49. The average Bonchev–Trinajstić information content (AvgIpc) is 2.36. The zero-order valence-corrected chi connectivity index (χ0v) is 12.0. The number of carboxylic acid groups (broad SMARTS) is 2. The van der Waals surface area contributed by atoms with Gasteiger partial charge in [-0.15, -0.1) is 0 Å². The number of pyridine rings is 1. The summed E-state index contributed by atoms with van der Waals surface area (Å²) in [6.45, 7) is 0. The predicted octanol–water partition coefficient (Wildman–Crippen LogP) is 1.28. The molecule has 0 bridgehead atoms. The molecule has 1 rings (SSSR count). The van der Waals surface area contributed by atoms with E-state index in [2.05, 4.69) is 26.2 Å². The van der Waals surface area contributed by atoms with E-state index in [0.717, 1.165) is 0 Å². The van der Waals surface area contributed by atoms with Crippen molar-refractivity contribution in [3.05, 3.63) is 28.5 Å². The van der Waals surface area contributed by atoms with E-state index < -0.39 is 23.9 Å². The van der Waals surface area contributed by atoms with Crippen LogP contribution < -0.4 is 5.32 Å². The van der Waals surface area contributed by atoms with Gasteiger partial charge in [0.05, 0.1) is 5.56 Å². The smallest absolute Gasteiger partial charge is 0.326 e. The zero-order valence-electron chi connectivity index (χ0n) is 10.4. The highest BCUT2D eigenvalue weighted by atomic mass is 79.9. The molecule has 1 amide bonds. The summed E-state index contributed by atoms with van der Waals surface area (Å²) in [4.78, 5) is 37.1. The molecule has 1 atom stereocenters. The lowest BCUT2D eigenvalue weighted by atomic mass is 10.1. The lowest BCUT2D eigenvalue weighted by molar-refractivity contribution is -0.140.